The highest BCUT2D eigenvalue weighted by atomic mass is 15.2. The van der Waals surface area contributed by atoms with Crippen molar-refractivity contribution in [2.75, 3.05) is 19.6 Å². The summed E-state index contributed by atoms with van der Waals surface area (Å²) in [7, 11) is 0. The van der Waals surface area contributed by atoms with Crippen LogP contribution in [0.3, 0.4) is 0 Å². The number of piperazine rings is 1. The molecule has 2 fully saturated rings. The van der Waals surface area contributed by atoms with Crippen molar-refractivity contribution in [2.45, 2.75) is 64.5 Å². The summed E-state index contributed by atoms with van der Waals surface area (Å²) in [5.74, 6) is 1.02. The second-order valence-electron chi connectivity index (χ2n) is 5.71. The third-order valence-corrected chi connectivity index (χ3v) is 4.44. The molecule has 1 aliphatic heterocycles. The van der Waals surface area contributed by atoms with E-state index in [1.807, 2.05) is 0 Å². The molecule has 2 aliphatic rings. The molecule has 0 amide bonds. The zero-order valence-corrected chi connectivity index (χ0v) is 11.0. The third-order valence-electron chi connectivity index (χ3n) is 4.44. The molecule has 1 aliphatic carbocycles. The van der Waals surface area contributed by atoms with Gasteiger partial charge in [-0.3, -0.25) is 4.90 Å². The average molecular weight is 224 g/mol. The molecule has 1 saturated heterocycles. The molecule has 0 bridgehead atoms. The van der Waals surface area contributed by atoms with Crippen molar-refractivity contribution >= 4 is 0 Å². The first-order valence-corrected chi connectivity index (χ1v) is 7.30. The van der Waals surface area contributed by atoms with E-state index in [2.05, 4.69) is 24.1 Å². The van der Waals surface area contributed by atoms with E-state index in [9.17, 15) is 0 Å². The van der Waals surface area contributed by atoms with Crippen LogP contribution in [0.4, 0.5) is 0 Å². The third kappa shape index (κ3) is 2.98. The van der Waals surface area contributed by atoms with Crippen LogP contribution in [0, 0.1) is 5.92 Å². The minimum absolute atomic E-state index is 0.757. The van der Waals surface area contributed by atoms with Gasteiger partial charge >= 0.3 is 0 Å². The molecule has 0 radical (unpaired) electrons. The van der Waals surface area contributed by atoms with E-state index < -0.39 is 0 Å². The van der Waals surface area contributed by atoms with Crippen molar-refractivity contribution in [2.24, 2.45) is 5.92 Å². The van der Waals surface area contributed by atoms with E-state index >= 15 is 0 Å². The van der Waals surface area contributed by atoms with Gasteiger partial charge in [-0.2, -0.15) is 0 Å². The van der Waals surface area contributed by atoms with Gasteiger partial charge in [0, 0.05) is 31.7 Å². The maximum Gasteiger partial charge on any atom is 0.0218 e. The molecule has 1 heterocycles. The minimum Gasteiger partial charge on any atom is -0.311 e. The van der Waals surface area contributed by atoms with Crippen molar-refractivity contribution in [3.05, 3.63) is 0 Å². The van der Waals surface area contributed by atoms with Crippen LogP contribution in [-0.2, 0) is 0 Å². The zero-order valence-electron chi connectivity index (χ0n) is 11.0. The number of nitrogens with zero attached hydrogens (tertiary/aromatic N) is 1. The smallest absolute Gasteiger partial charge is 0.0218 e. The van der Waals surface area contributed by atoms with Crippen LogP contribution in [0.25, 0.3) is 0 Å². The Morgan fingerprint density at radius 2 is 2.06 bits per heavy atom. The average Bonchev–Trinajstić information content (AvgIpc) is 2.24. The quantitative estimate of drug-likeness (QED) is 0.772. The van der Waals surface area contributed by atoms with Crippen molar-refractivity contribution in [1.29, 1.82) is 0 Å². The highest BCUT2D eigenvalue weighted by Crippen LogP contribution is 2.28. The normalized spacial score (nSPS) is 32.6. The van der Waals surface area contributed by atoms with Gasteiger partial charge in [-0.25, -0.2) is 0 Å². The van der Waals surface area contributed by atoms with Crippen LogP contribution in [0.2, 0.25) is 0 Å². The summed E-state index contributed by atoms with van der Waals surface area (Å²) in [6.45, 7) is 8.52. The van der Waals surface area contributed by atoms with E-state index in [0.29, 0.717) is 0 Å². The highest BCUT2D eigenvalue weighted by Gasteiger charge is 2.29. The predicted molar refractivity (Wildman–Crippen MR) is 69.7 cm³/mol. The molecule has 2 unspecified atom stereocenters. The fourth-order valence-electron chi connectivity index (χ4n) is 3.10. The summed E-state index contributed by atoms with van der Waals surface area (Å²) in [6.07, 6.45) is 8.41. The molecule has 2 atom stereocenters. The molecule has 1 saturated carbocycles. The Morgan fingerprint density at radius 1 is 1.25 bits per heavy atom. The van der Waals surface area contributed by atoms with Crippen LogP contribution < -0.4 is 5.32 Å². The lowest BCUT2D eigenvalue weighted by Crippen LogP contribution is -2.57. The molecule has 2 rings (SSSR count). The molecule has 2 heteroatoms. The Bertz CT molecular complexity index is 201. The van der Waals surface area contributed by atoms with Gasteiger partial charge in [0.15, 0.2) is 0 Å². The lowest BCUT2D eigenvalue weighted by atomic mass is 9.84. The Balaban J connectivity index is 1.83. The van der Waals surface area contributed by atoms with Gasteiger partial charge in [0.05, 0.1) is 0 Å². The first-order valence-electron chi connectivity index (χ1n) is 7.30. The van der Waals surface area contributed by atoms with E-state index in [-0.39, 0.29) is 0 Å². The fourth-order valence-corrected chi connectivity index (χ4v) is 3.10. The molecule has 1 N–H and O–H groups in total. The first-order chi connectivity index (χ1) is 7.83. The summed E-state index contributed by atoms with van der Waals surface area (Å²) < 4.78 is 0. The zero-order chi connectivity index (χ0) is 11.4. The van der Waals surface area contributed by atoms with Crippen LogP contribution in [0.1, 0.15) is 52.4 Å². The largest absolute Gasteiger partial charge is 0.311 e. The van der Waals surface area contributed by atoms with E-state index in [0.717, 1.165) is 18.0 Å². The number of rotatable bonds is 5. The molecule has 2 nitrogen and oxygen atoms in total. The Kier molecular flexibility index (Phi) is 4.66. The van der Waals surface area contributed by atoms with Gasteiger partial charge in [0.25, 0.3) is 0 Å². The number of hydrogen-bond acceptors (Lipinski definition) is 2. The second-order valence-corrected chi connectivity index (χ2v) is 5.71. The van der Waals surface area contributed by atoms with Crippen LogP contribution in [0.15, 0.2) is 0 Å². The van der Waals surface area contributed by atoms with Crippen molar-refractivity contribution in [3.8, 4) is 0 Å². The molecule has 0 aromatic carbocycles. The number of nitrogens with one attached hydrogen (secondary N) is 1. The lowest BCUT2D eigenvalue weighted by molar-refractivity contribution is 0.0842. The summed E-state index contributed by atoms with van der Waals surface area (Å²) in [5, 5.41) is 3.72. The predicted octanol–water partition coefficient (Wildman–Crippen LogP) is 2.64. The number of hydrogen-bond donors (Lipinski definition) is 1. The van der Waals surface area contributed by atoms with Crippen molar-refractivity contribution in [3.63, 3.8) is 0 Å². The van der Waals surface area contributed by atoms with Crippen LogP contribution in [0.5, 0.6) is 0 Å². The Hall–Kier alpha value is -0.0800. The van der Waals surface area contributed by atoms with Crippen LogP contribution in [-0.4, -0.2) is 36.6 Å². The van der Waals surface area contributed by atoms with Gasteiger partial charge < -0.3 is 5.32 Å². The SMILES string of the molecule is CCCC1CN(CC2CCC2)C(CC)CN1. The van der Waals surface area contributed by atoms with Crippen LogP contribution >= 0.6 is 0 Å². The van der Waals surface area contributed by atoms with Gasteiger partial charge in [-0.15, -0.1) is 0 Å². The Morgan fingerprint density at radius 3 is 2.62 bits per heavy atom. The summed E-state index contributed by atoms with van der Waals surface area (Å²) >= 11 is 0. The maximum atomic E-state index is 3.72. The van der Waals surface area contributed by atoms with Crippen molar-refractivity contribution in [1.82, 2.24) is 10.2 Å². The molecule has 94 valence electrons. The van der Waals surface area contributed by atoms with E-state index in [4.69, 9.17) is 0 Å². The van der Waals surface area contributed by atoms with Gasteiger partial charge in [-0.1, -0.05) is 26.7 Å². The molecule has 0 aromatic heterocycles. The second kappa shape index (κ2) is 6.02. The van der Waals surface area contributed by atoms with E-state index in [1.54, 1.807) is 0 Å². The molecule has 0 aromatic rings. The summed E-state index contributed by atoms with van der Waals surface area (Å²) in [6, 6.07) is 1.56. The monoisotopic (exact) mass is 224 g/mol. The lowest BCUT2D eigenvalue weighted by Gasteiger charge is -2.43. The standard InChI is InChI=1S/C14H28N2/c1-3-6-13-11-16(10-12-7-5-8-12)14(4-2)9-15-13/h12-15H,3-11H2,1-2H3. The van der Waals surface area contributed by atoms with Crippen molar-refractivity contribution < 1.29 is 0 Å². The molecular formula is C14H28N2. The Labute approximate surface area is 101 Å². The topological polar surface area (TPSA) is 15.3 Å². The molecule has 16 heavy (non-hydrogen) atoms. The first kappa shape index (κ1) is 12.4. The van der Waals surface area contributed by atoms with Gasteiger partial charge in [-0.05, 0) is 31.6 Å². The molecule has 0 spiro atoms. The molecular weight excluding hydrogens is 196 g/mol. The maximum absolute atomic E-state index is 3.72. The summed E-state index contributed by atoms with van der Waals surface area (Å²) in [5.41, 5.74) is 0. The van der Waals surface area contributed by atoms with Gasteiger partial charge in [0.2, 0.25) is 0 Å². The minimum atomic E-state index is 0.757. The fraction of sp³-hybridized carbons (Fsp3) is 1.00. The summed E-state index contributed by atoms with van der Waals surface area (Å²) in [4.78, 5) is 2.78. The highest BCUT2D eigenvalue weighted by molar-refractivity contribution is 4.87. The van der Waals surface area contributed by atoms with Gasteiger partial charge in [0.1, 0.15) is 0 Å². The van der Waals surface area contributed by atoms with E-state index in [1.165, 1.54) is 58.2 Å².